The average Bonchev–Trinajstić information content (AvgIpc) is 3.60. The molecule has 160 valence electrons. The van der Waals surface area contributed by atoms with Gasteiger partial charge in [-0.25, -0.2) is 0 Å². The fourth-order valence-corrected chi connectivity index (χ4v) is 3.56. The fourth-order valence-electron chi connectivity index (χ4n) is 3.56. The lowest BCUT2D eigenvalue weighted by molar-refractivity contribution is -0.146. The number of carbonyl (C=O) groups is 1. The quantitative estimate of drug-likeness (QED) is 0.614. The number of amides is 1. The van der Waals surface area contributed by atoms with E-state index in [1.165, 1.54) is 6.26 Å². The smallest absolute Gasteiger partial charge is 0.286 e. The molecule has 1 aromatic carbocycles. The van der Waals surface area contributed by atoms with Crippen LogP contribution in [-0.2, 0) is 14.3 Å². The summed E-state index contributed by atoms with van der Waals surface area (Å²) < 4.78 is 17.3. The Morgan fingerprint density at radius 3 is 2.87 bits per heavy atom. The predicted octanol–water partition coefficient (Wildman–Crippen LogP) is 2.82. The van der Waals surface area contributed by atoms with Crippen LogP contribution in [0.2, 0.25) is 0 Å². The maximum atomic E-state index is 13.0. The number of hydrogen-bond donors (Lipinski definition) is 2. The average molecular weight is 413 g/mol. The summed E-state index contributed by atoms with van der Waals surface area (Å²) in [6.45, 7) is 1.13. The second-order valence-electron chi connectivity index (χ2n) is 7.89. The van der Waals surface area contributed by atoms with E-state index < -0.39 is 6.29 Å². The molecule has 1 amide bonds. The summed E-state index contributed by atoms with van der Waals surface area (Å²) in [6, 6.07) is 7.11. The summed E-state index contributed by atoms with van der Waals surface area (Å²) in [5, 5.41) is 12.4. The van der Waals surface area contributed by atoms with Gasteiger partial charge in [-0.3, -0.25) is 9.59 Å². The molecular weight excluding hydrogens is 386 g/mol. The number of ether oxygens (including phenoxy) is 2. The molecular formula is C23H27NO6. The number of fused-ring (bicyclic) bond motifs is 1. The molecule has 2 aliphatic rings. The van der Waals surface area contributed by atoms with Crippen molar-refractivity contribution in [2.45, 2.75) is 44.3 Å². The molecule has 1 aliphatic heterocycles. The highest BCUT2D eigenvalue weighted by Crippen LogP contribution is 2.32. The molecule has 1 aliphatic carbocycles. The maximum absolute atomic E-state index is 13.0. The Kier molecular flexibility index (Phi) is 6.50. The number of benzene rings is 1. The van der Waals surface area contributed by atoms with E-state index in [0.717, 1.165) is 12.8 Å². The zero-order valence-corrected chi connectivity index (χ0v) is 16.8. The van der Waals surface area contributed by atoms with Crippen LogP contribution in [0.3, 0.4) is 0 Å². The molecule has 0 saturated heterocycles. The Morgan fingerprint density at radius 1 is 1.23 bits per heavy atom. The van der Waals surface area contributed by atoms with Crippen molar-refractivity contribution < 1.29 is 23.8 Å². The van der Waals surface area contributed by atoms with Crippen LogP contribution in [0.1, 0.15) is 43.6 Å². The van der Waals surface area contributed by atoms with Gasteiger partial charge in [0, 0.05) is 31.1 Å². The molecule has 4 rings (SSSR count). The third-order valence-corrected chi connectivity index (χ3v) is 5.49. The highest BCUT2D eigenvalue weighted by molar-refractivity contribution is 5.91. The molecule has 2 atom stereocenters. The first kappa shape index (κ1) is 20.6. The van der Waals surface area contributed by atoms with Gasteiger partial charge in [0.25, 0.3) is 5.91 Å². The van der Waals surface area contributed by atoms with Gasteiger partial charge in [-0.1, -0.05) is 12.1 Å². The summed E-state index contributed by atoms with van der Waals surface area (Å²) in [4.78, 5) is 25.7. The molecule has 0 spiro atoms. The third kappa shape index (κ3) is 4.91. The van der Waals surface area contributed by atoms with Gasteiger partial charge < -0.3 is 24.3 Å². The minimum Gasteiger partial charge on any atom is -0.464 e. The number of carbonyl (C=O) groups excluding carboxylic acids is 1. The monoisotopic (exact) mass is 413 g/mol. The van der Waals surface area contributed by atoms with Crippen LogP contribution < -0.4 is 10.7 Å². The van der Waals surface area contributed by atoms with Crippen molar-refractivity contribution in [2.24, 2.45) is 5.92 Å². The van der Waals surface area contributed by atoms with Crippen LogP contribution >= 0.6 is 0 Å². The third-order valence-electron chi connectivity index (χ3n) is 5.49. The van der Waals surface area contributed by atoms with E-state index in [-0.39, 0.29) is 29.6 Å². The molecule has 2 aromatic rings. The lowest BCUT2D eigenvalue weighted by Crippen LogP contribution is -2.34. The second kappa shape index (κ2) is 9.45. The summed E-state index contributed by atoms with van der Waals surface area (Å²) in [7, 11) is 0. The molecule has 0 radical (unpaired) electrons. The van der Waals surface area contributed by atoms with Crippen molar-refractivity contribution in [3.8, 4) is 0 Å². The van der Waals surface area contributed by atoms with Gasteiger partial charge in [-0.05, 0) is 49.8 Å². The lowest BCUT2D eigenvalue weighted by Gasteiger charge is -2.29. The molecule has 0 bridgehead atoms. The number of unbranched alkanes of at least 4 members (excludes halogenated alkanes) is 1. The van der Waals surface area contributed by atoms with E-state index in [1.54, 1.807) is 24.3 Å². The fraction of sp³-hybridized carbons (Fsp3) is 0.478. The predicted molar refractivity (Wildman–Crippen MR) is 111 cm³/mol. The minimum atomic E-state index is -0.647. The van der Waals surface area contributed by atoms with Crippen LogP contribution in [0.5, 0.6) is 0 Å². The minimum absolute atomic E-state index is 0.102. The molecule has 30 heavy (non-hydrogen) atoms. The largest absolute Gasteiger partial charge is 0.464 e. The second-order valence-corrected chi connectivity index (χ2v) is 7.89. The van der Waals surface area contributed by atoms with E-state index in [1.807, 2.05) is 6.07 Å². The number of rotatable bonds is 9. The molecule has 0 unspecified atom stereocenters. The molecule has 1 aromatic heterocycles. The summed E-state index contributed by atoms with van der Waals surface area (Å²) in [6.07, 6.45) is 6.51. The van der Waals surface area contributed by atoms with Gasteiger partial charge >= 0.3 is 0 Å². The normalized spacial score (nSPS) is 21.2. The van der Waals surface area contributed by atoms with Crippen molar-refractivity contribution in [3.63, 3.8) is 0 Å². The maximum Gasteiger partial charge on any atom is 0.286 e. The lowest BCUT2D eigenvalue weighted by atomic mass is 9.93. The van der Waals surface area contributed by atoms with E-state index in [0.29, 0.717) is 54.9 Å². The standard InChI is InChI=1S/C23H27NO6/c25-9-3-4-10-28-21-12-16(11-20(30-21)23(27)24-13-15-7-8-15)18-14-29-19-6-2-1-5-17(19)22(18)26/h1-2,5-6,11,14-16,21,25H,3-4,7-10,12-13H2,(H,24,27)/t16-,21+/m0/s1. The molecule has 1 saturated carbocycles. The van der Waals surface area contributed by atoms with Gasteiger partial charge in [0.2, 0.25) is 6.29 Å². The molecule has 7 nitrogen and oxygen atoms in total. The molecule has 1 fully saturated rings. The number of para-hydroxylation sites is 1. The molecule has 2 heterocycles. The first-order valence-corrected chi connectivity index (χ1v) is 10.6. The zero-order chi connectivity index (χ0) is 20.9. The van der Waals surface area contributed by atoms with Crippen molar-refractivity contribution in [1.29, 1.82) is 0 Å². The van der Waals surface area contributed by atoms with Crippen LogP contribution in [0, 0.1) is 5.92 Å². The Bertz CT molecular complexity index is 977. The number of hydrogen-bond acceptors (Lipinski definition) is 6. The van der Waals surface area contributed by atoms with Crippen molar-refractivity contribution in [1.82, 2.24) is 5.32 Å². The number of allylic oxidation sites excluding steroid dienone is 1. The van der Waals surface area contributed by atoms with Gasteiger partial charge in [-0.15, -0.1) is 0 Å². The zero-order valence-electron chi connectivity index (χ0n) is 16.8. The van der Waals surface area contributed by atoms with Gasteiger partial charge in [0.05, 0.1) is 18.3 Å². The van der Waals surface area contributed by atoms with Crippen LogP contribution in [0.15, 0.2) is 51.6 Å². The van der Waals surface area contributed by atoms with Crippen molar-refractivity contribution in [3.05, 3.63) is 58.2 Å². The SMILES string of the molecule is O=C(NCC1CC1)C1=C[C@H](c2coc3ccccc3c2=O)C[C@H](OCCCCO)O1. The molecule has 2 N–H and O–H groups in total. The number of aliphatic hydroxyl groups excluding tert-OH is 1. The Hall–Kier alpha value is -2.64. The summed E-state index contributed by atoms with van der Waals surface area (Å²) in [5.74, 6) is 0.0727. The van der Waals surface area contributed by atoms with E-state index >= 15 is 0 Å². The molecule has 7 heteroatoms. The van der Waals surface area contributed by atoms with Crippen LogP contribution in [0.25, 0.3) is 11.0 Å². The first-order valence-electron chi connectivity index (χ1n) is 10.6. The van der Waals surface area contributed by atoms with Gasteiger partial charge in [0.1, 0.15) is 5.58 Å². The summed E-state index contributed by atoms with van der Waals surface area (Å²) >= 11 is 0. The van der Waals surface area contributed by atoms with Gasteiger partial charge in [0.15, 0.2) is 11.2 Å². The van der Waals surface area contributed by atoms with Gasteiger partial charge in [-0.2, -0.15) is 0 Å². The Balaban J connectivity index is 1.57. The number of nitrogens with one attached hydrogen (secondary N) is 1. The van der Waals surface area contributed by atoms with E-state index in [9.17, 15) is 9.59 Å². The highest BCUT2D eigenvalue weighted by atomic mass is 16.7. The van der Waals surface area contributed by atoms with E-state index in [4.69, 9.17) is 19.0 Å². The van der Waals surface area contributed by atoms with Crippen molar-refractivity contribution >= 4 is 16.9 Å². The number of aliphatic hydroxyl groups is 1. The Morgan fingerprint density at radius 2 is 2.07 bits per heavy atom. The van der Waals surface area contributed by atoms with Crippen LogP contribution in [-0.4, -0.2) is 37.1 Å². The Labute approximate surface area is 174 Å². The summed E-state index contributed by atoms with van der Waals surface area (Å²) in [5.41, 5.74) is 0.895. The topological polar surface area (TPSA) is 98.0 Å². The van der Waals surface area contributed by atoms with E-state index in [2.05, 4.69) is 5.32 Å². The van der Waals surface area contributed by atoms with Crippen molar-refractivity contribution in [2.75, 3.05) is 19.8 Å². The first-order chi connectivity index (χ1) is 14.7. The van der Waals surface area contributed by atoms with Crippen LogP contribution in [0.4, 0.5) is 0 Å². The highest BCUT2D eigenvalue weighted by Gasteiger charge is 2.31.